The predicted octanol–water partition coefficient (Wildman–Crippen LogP) is 0.902. The summed E-state index contributed by atoms with van der Waals surface area (Å²) in [5.74, 6) is 0. The van der Waals surface area contributed by atoms with E-state index in [0.717, 1.165) is 0 Å². The zero-order valence-corrected chi connectivity index (χ0v) is 15.6. The summed E-state index contributed by atoms with van der Waals surface area (Å²) in [4.78, 5) is 0. The molecule has 0 heterocycles. The fourth-order valence-corrected chi connectivity index (χ4v) is 46.8. The Morgan fingerprint density at radius 3 is 1.15 bits per heavy atom. The molecule has 0 saturated carbocycles. The van der Waals surface area contributed by atoms with Crippen LogP contribution in [-0.4, -0.2) is 31.2 Å². The van der Waals surface area contributed by atoms with Crippen molar-refractivity contribution >= 4 is 92.8 Å². The summed E-state index contributed by atoms with van der Waals surface area (Å²) in [5.41, 5.74) is 16.2. The van der Waals surface area contributed by atoms with Crippen molar-refractivity contribution < 1.29 is 0 Å². The van der Waals surface area contributed by atoms with Gasteiger partial charge in [0.2, 0.25) is 0 Å². The zero-order chi connectivity index (χ0) is 10.4. The van der Waals surface area contributed by atoms with Crippen molar-refractivity contribution in [1.29, 1.82) is 0 Å². The molecule has 0 aromatic carbocycles. The molecule has 0 amide bonds. The van der Waals surface area contributed by atoms with Crippen LogP contribution in [0.3, 0.4) is 0 Å². The predicted molar refractivity (Wildman–Crippen MR) is 78.9 cm³/mol. The molecule has 0 aliphatic rings. The van der Waals surface area contributed by atoms with Crippen LogP contribution in [0.5, 0.6) is 0 Å². The van der Waals surface area contributed by atoms with Gasteiger partial charge in [0.25, 0.3) is 0 Å². The Labute approximate surface area is 108 Å². The molecular formula is C3H6N3S6Tl. The van der Waals surface area contributed by atoms with Crippen LogP contribution in [0.25, 0.3) is 0 Å². The molecule has 0 aliphatic heterocycles. The Morgan fingerprint density at radius 2 is 1.00 bits per heavy atom. The minimum absolute atomic E-state index is 0.416. The van der Waals surface area contributed by atoms with Gasteiger partial charge >= 0.3 is 110 Å². The summed E-state index contributed by atoms with van der Waals surface area (Å²) >= 11 is 12.1. The van der Waals surface area contributed by atoms with E-state index in [9.17, 15) is 0 Å². The SMILES string of the molecule is NC(=S)[S][Tl]([S]C(N)=S)[S]C(N)=S. The summed E-state index contributed by atoms with van der Waals surface area (Å²) in [6.07, 6.45) is 0. The molecule has 0 aromatic rings. The first-order valence-corrected chi connectivity index (χ1v) is 23.2. The summed E-state index contributed by atoms with van der Waals surface area (Å²) < 4.78 is 1.25. The monoisotopic (exact) mass is 481 g/mol. The molecule has 0 bridgehead atoms. The van der Waals surface area contributed by atoms with Gasteiger partial charge in [0.1, 0.15) is 0 Å². The summed E-state index contributed by atoms with van der Waals surface area (Å²) in [6, 6.07) is 0. The van der Waals surface area contributed by atoms with Crippen LogP contribution in [0, 0.1) is 0 Å². The fourth-order valence-electron chi connectivity index (χ4n) is 0.357. The van der Waals surface area contributed by atoms with Gasteiger partial charge < -0.3 is 0 Å². The van der Waals surface area contributed by atoms with Gasteiger partial charge in [-0.25, -0.2) is 0 Å². The topological polar surface area (TPSA) is 78.1 Å². The molecule has 72 valence electrons. The third kappa shape index (κ3) is 9.94. The van der Waals surface area contributed by atoms with Gasteiger partial charge in [0.15, 0.2) is 0 Å². The van der Waals surface area contributed by atoms with Gasteiger partial charge in [0, 0.05) is 0 Å². The van der Waals surface area contributed by atoms with Crippen molar-refractivity contribution in [3.8, 4) is 0 Å². The molecule has 0 saturated heterocycles. The second-order valence-electron chi connectivity index (χ2n) is 1.60. The Bertz CT molecular complexity index is 193. The second-order valence-corrected chi connectivity index (χ2v) is 36.5. The maximum absolute atomic E-state index is 5.40. The van der Waals surface area contributed by atoms with E-state index >= 15 is 0 Å². The molecule has 0 aliphatic carbocycles. The van der Waals surface area contributed by atoms with Gasteiger partial charge in [-0.3, -0.25) is 0 Å². The van der Waals surface area contributed by atoms with Gasteiger partial charge in [-0.2, -0.15) is 0 Å². The Hall–Kier alpha value is 1.64. The second kappa shape index (κ2) is 7.87. The minimum atomic E-state index is -2.28. The molecule has 0 aromatic heterocycles. The third-order valence-corrected chi connectivity index (χ3v) is 39.6. The quantitative estimate of drug-likeness (QED) is 0.403. The van der Waals surface area contributed by atoms with Crippen molar-refractivity contribution in [3.63, 3.8) is 0 Å². The van der Waals surface area contributed by atoms with E-state index in [-0.39, 0.29) is 0 Å². The molecule has 0 spiro atoms. The fraction of sp³-hybridized carbons (Fsp3) is 0. The van der Waals surface area contributed by atoms with E-state index in [1.807, 2.05) is 0 Å². The first kappa shape index (κ1) is 14.6. The van der Waals surface area contributed by atoms with E-state index in [4.69, 9.17) is 53.9 Å². The standard InChI is InChI=1S/3CH3NS2.Tl/c3*2-1(3)4;/h3*(H3,2,3,4);/q;;;+3/p-3. The van der Waals surface area contributed by atoms with Crippen molar-refractivity contribution in [2.45, 2.75) is 0 Å². The molecule has 13 heavy (non-hydrogen) atoms. The molecule has 0 unspecified atom stereocenters. The van der Waals surface area contributed by atoms with Crippen LogP contribution in [0.15, 0.2) is 0 Å². The van der Waals surface area contributed by atoms with Crippen LogP contribution in [0.2, 0.25) is 0 Å². The molecular weight excluding hydrogens is 475 g/mol. The number of rotatable bonds is 3. The van der Waals surface area contributed by atoms with Crippen molar-refractivity contribution in [2.24, 2.45) is 17.2 Å². The van der Waals surface area contributed by atoms with E-state index in [1.54, 1.807) is 0 Å². The summed E-state index contributed by atoms with van der Waals surface area (Å²) in [5, 5.41) is 0. The number of hydrogen-bond acceptors (Lipinski definition) is 6. The van der Waals surface area contributed by atoms with Gasteiger partial charge in [0.05, 0.1) is 0 Å². The average molecular weight is 481 g/mol. The van der Waals surface area contributed by atoms with E-state index < -0.39 is 18.2 Å². The summed E-state index contributed by atoms with van der Waals surface area (Å²) in [6.45, 7) is 0. The molecule has 0 radical (unpaired) electrons. The number of thiocarbonyl (C=S) groups is 3. The van der Waals surface area contributed by atoms with Gasteiger partial charge in [-0.05, 0) is 0 Å². The molecule has 0 fully saturated rings. The van der Waals surface area contributed by atoms with Crippen LogP contribution >= 0.6 is 61.6 Å². The maximum atomic E-state index is 5.40. The molecule has 0 rings (SSSR count). The van der Waals surface area contributed by atoms with Crippen molar-refractivity contribution in [2.75, 3.05) is 0 Å². The summed E-state index contributed by atoms with van der Waals surface area (Å²) in [7, 11) is 4.44. The Balaban J connectivity index is 4.10. The molecule has 3 nitrogen and oxygen atoms in total. The van der Waals surface area contributed by atoms with Crippen LogP contribution in [0.1, 0.15) is 0 Å². The Kier molecular flexibility index (Phi) is 8.87. The Morgan fingerprint density at radius 1 is 0.769 bits per heavy atom. The van der Waals surface area contributed by atoms with Crippen LogP contribution < -0.4 is 17.2 Å². The van der Waals surface area contributed by atoms with Crippen molar-refractivity contribution in [3.05, 3.63) is 0 Å². The van der Waals surface area contributed by atoms with Crippen LogP contribution in [-0.2, 0) is 0 Å². The molecule has 10 heteroatoms. The molecule has 6 N–H and O–H groups in total. The van der Waals surface area contributed by atoms with Crippen molar-refractivity contribution in [1.82, 2.24) is 0 Å². The van der Waals surface area contributed by atoms with Crippen LogP contribution in [0.4, 0.5) is 0 Å². The zero-order valence-electron chi connectivity index (χ0n) is 6.26. The van der Waals surface area contributed by atoms with E-state index in [1.165, 1.54) is 24.9 Å². The molecule has 0 atom stereocenters. The number of hydrogen-bond donors (Lipinski definition) is 3. The van der Waals surface area contributed by atoms with E-state index in [0.29, 0.717) is 13.0 Å². The first-order chi connectivity index (χ1) is 5.91. The van der Waals surface area contributed by atoms with Gasteiger partial charge in [-0.1, -0.05) is 0 Å². The third-order valence-electron chi connectivity index (χ3n) is 0.637. The van der Waals surface area contributed by atoms with E-state index in [2.05, 4.69) is 0 Å². The normalized spacial score (nSPS) is 9.23. The van der Waals surface area contributed by atoms with Gasteiger partial charge in [-0.15, -0.1) is 0 Å². The first-order valence-electron chi connectivity index (χ1n) is 2.80. The average Bonchev–Trinajstić information content (AvgIpc) is 1.80. The number of nitrogens with two attached hydrogens (primary N) is 3.